The van der Waals surface area contributed by atoms with Crippen molar-refractivity contribution in [3.63, 3.8) is 0 Å². The molecular weight excluding hydrogens is 503 g/mol. The Morgan fingerprint density at radius 3 is 2.76 bits per heavy atom. The van der Waals surface area contributed by atoms with Crippen molar-refractivity contribution in [2.24, 2.45) is 0 Å². The van der Waals surface area contributed by atoms with Crippen LogP contribution in [-0.4, -0.2) is 55.0 Å². The molecule has 2 aromatic rings. The molecule has 1 aliphatic rings. The summed E-state index contributed by atoms with van der Waals surface area (Å²) >= 11 is 12.9. The van der Waals surface area contributed by atoms with Gasteiger partial charge in [-0.3, -0.25) is 14.5 Å². The Balaban J connectivity index is 1.71. The highest BCUT2D eigenvalue weighted by Gasteiger charge is 2.31. The van der Waals surface area contributed by atoms with Gasteiger partial charge in [0.2, 0.25) is 0 Å². The topological polar surface area (TPSA) is 77.1 Å². The van der Waals surface area contributed by atoms with Crippen molar-refractivity contribution in [1.29, 1.82) is 0 Å². The molecule has 1 N–H and O–H groups in total. The van der Waals surface area contributed by atoms with Gasteiger partial charge in [0, 0.05) is 20.3 Å². The maximum atomic E-state index is 13.7. The molecule has 0 atom stereocenters. The summed E-state index contributed by atoms with van der Waals surface area (Å²) in [5.74, 6) is -0.888. The minimum atomic E-state index is -0.565. The largest absolute Gasteiger partial charge is 0.493 e. The second-order valence-corrected chi connectivity index (χ2v) is 9.11. The van der Waals surface area contributed by atoms with E-state index in [9.17, 15) is 14.0 Å². The minimum absolute atomic E-state index is 0.0454. The van der Waals surface area contributed by atoms with Gasteiger partial charge in [0.05, 0.1) is 22.7 Å². The molecule has 0 saturated carbocycles. The second-order valence-electron chi connectivity index (χ2n) is 7.03. The molecule has 0 bridgehead atoms. The van der Waals surface area contributed by atoms with E-state index in [4.69, 9.17) is 38.0 Å². The van der Waals surface area contributed by atoms with Gasteiger partial charge in [0.15, 0.2) is 18.1 Å². The number of anilines is 1. The van der Waals surface area contributed by atoms with Crippen LogP contribution in [0.3, 0.4) is 0 Å². The van der Waals surface area contributed by atoms with Crippen molar-refractivity contribution < 1.29 is 28.2 Å². The number of rotatable bonds is 10. The fraction of sp³-hybridized carbons (Fsp3) is 0.261. The van der Waals surface area contributed by atoms with Crippen molar-refractivity contribution in [2.45, 2.75) is 6.42 Å². The van der Waals surface area contributed by atoms with Gasteiger partial charge in [0.1, 0.15) is 10.1 Å². The molecule has 34 heavy (non-hydrogen) atoms. The smallest absolute Gasteiger partial charge is 0.266 e. The molecule has 3 rings (SSSR count). The number of hydrogen-bond acceptors (Lipinski definition) is 7. The Morgan fingerprint density at radius 1 is 1.29 bits per heavy atom. The highest BCUT2D eigenvalue weighted by atomic mass is 35.5. The number of thioether (sulfide) groups is 1. The molecule has 0 spiro atoms. The average molecular weight is 525 g/mol. The summed E-state index contributed by atoms with van der Waals surface area (Å²) in [6.45, 7) is 0.591. The molecule has 0 aliphatic carbocycles. The van der Waals surface area contributed by atoms with E-state index in [1.54, 1.807) is 31.4 Å². The molecule has 11 heteroatoms. The molecule has 1 heterocycles. The Kier molecular flexibility index (Phi) is 9.28. The molecular formula is C23H22ClFN2O5S2. The monoisotopic (exact) mass is 524 g/mol. The third kappa shape index (κ3) is 6.47. The minimum Gasteiger partial charge on any atom is -0.493 e. The highest BCUT2D eigenvalue weighted by molar-refractivity contribution is 8.26. The lowest BCUT2D eigenvalue weighted by molar-refractivity contribution is -0.122. The van der Waals surface area contributed by atoms with Crippen molar-refractivity contribution in [3.8, 4) is 11.5 Å². The first-order valence-corrected chi connectivity index (χ1v) is 11.7. The first-order chi connectivity index (χ1) is 16.3. The van der Waals surface area contributed by atoms with E-state index in [1.165, 1.54) is 42.0 Å². The summed E-state index contributed by atoms with van der Waals surface area (Å²) in [6, 6.07) is 9.02. The van der Waals surface area contributed by atoms with Crippen LogP contribution < -0.4 is 14.8 Å². The number of amides is 2. The van der Waals surface area contributed by atoms with E-state index >= 15 is 0 Å². The van der Waals surface area contributed by atoms with E-state index < -0.39 is 18.3 Å². The molecule has 2 aromatic carbocycles. The quantitative estimate of drug-likeness (QED) is 0.273. The Labute approximate surface area is 211 Å². The van der Waals surface area contributed by atoms with E-state index in [2.05, 4.69) is 5.32 Å². The number of hydrogen-bond donors (Lipinski definition) is 1. The zero-order valence-corrected chi connectivity index (χ0v) is 20.8. The molecule has 0 radical (unpaired) electrons. The fourth-order valence-electron chi connectivity index (χ4n) is 3.06. The Morgan fingerprint density at radius 2 is 2.06 bits per heavy atom. The lowest BCUT2D eigenvalue weighted by Gasteiger charge is -2.14. The number of carbonyl (C=O) groups is 2. The first-order valence-electron chi connectivity index (χ1n) is 10.1. The van der Waals surface area contributed by atoms with Gasteiger partial charge in [-0.15, -0.1) is 0 Å². The van der Waals surface area contributed by atoms with Crippen molar-refractivity contribution in [1.82, 2.24) is 4.90 Å². The van der Waals surface area contributed by atoms with Crippen LogP contribution >= 0.6 is 35.6 Å². The van der Waals surface area contributed by atoms with Crippen LogP contribution in [0.1, 0.15) is 12.0 Å². The number of benzene rings is 2. The van der Waals surface area contributed by atoms with E-state index in [1.807, 2.05) is 0 Å². The highest BCUT2D eigenvalue weighted by Crippen LogP contribution is 2.39. The molecule has 2 amide bonds. The number of carbonyl (C=O) groups excluding carboxylic acids is 2. The Hall–Kier alpha value is -2.66. The maximum Gasteiger partial charge on any atom is 0.266 e. The van der Waals surface area contributed by atoms with Crippen molar-refractivity contribution in [3.05, 3.63) is 57.7 Å². The van der Waals surface area contributed by atoms with Crippen molar-refractivity contribution in [2.75, 3.05) is 39.3 Å². The number of methoxy groups -OCH3 is 2. The van der Waals surface area contributed by atoms with E-state index in [0.717, 1.165) is 0 Å². The number of nitrogens with one attached hydrogen (secondary N) is 1. The van der Waals surface area contributed by atoms with Crippen molar-refractivity contribution >= 4 is 63.5 Å². The lowest BCUT2D eigenvalue weighted by Crippen LogP contribution is -2.29. The van der Waals surface area contributed by atoms with Crippen LogP contribution in [0.15, 0.2) is 41.3 Å². The lowest BCUT2D eigenvalue weighted by atomic mass is 10.1. The summed E-state index contributed by atoms with van der Waals surface area (Å²) in [5.41, 5.74) is 0.645. The van der Waals surface area contributed by atoms with E-state index in [-0.39, 0.29) is 28.1 Å². The van der Waals surface area contributed by atoms with Crippen LogP contribution in [0.4, 0.5) is 10.1 Å². The van der Waals surface area contributed by atoms with Crippen LogP contribution in [0.2, 0.25) is 5.02 Å². The van der Waals surface area contributed by atoms with Gasteiger partial charge in [0.25, 0.3) is 11.8 Å². The second kappa shape index (κ2) is 12.2. The summed E-state index contributed by atoms with van der Waals surface area (Å²) < 4.78 is 30.1. The zero-order chi connectivity index (χ0) is 24.7. The zero-order valence-electron chi connectivity index (χ0n) is 18.4. The van der Waals surface area contributed by atoms with Gasteiger partial charge in [-0.2, -0.15) is 0 Å². The summed E-state index contributed by atoms with van der Waals surface area (Å²) in [6.07, 6.45) is 2.34. The Bertz CT molecular complexity index is 1130. The van der Waals surface area contributed by atoms with Crippen LogP contribution in [0.25, 0.3) is 6.08 Å². The van der Waals surface area contributed by atoms with Crippen LogP contribution in [-0.2, 0) is 14.3 Å². The number of halogens is 2. The summed E-state index contributed by atoms with van der Waals surface area (Å²) in [7, 11) is 3.03. The van der Waals surface area contributed by atoms with Crippen LogP contribution in [0.5, 0.6) is 11.5 Å². The maximum absolute atomic E-state index is 13.7. The normalized spacial score (nSPS) is 14.6. The number of para-hydroxylation sites is 1. The van der Waals surface area contributed by atoms with Gasteiger partial charge in [-0.05, 0) is 42.3 Å². The number of thiocarbonyl (C=S) groups is 1. The van der Waals surface area contributed by atoms with Crippen LogP contribution in [0, 0.1) is 5.82 Å². The SMILES string of the molecule is COCCCN1C(=O)/C(=C/c2cc(Cl)c(OCC(=O)Nc3ccccc3F)c(OC)c2)SC1=S. The van der Waals surface area contributed by atoms with Gasteiger partial charge >= 0.3 is 0 Å². The van der Waals surface area contributed by atoms with Gasteiger partial charge in [-0.1, -0.05) is 47.7 Å². The first kappa shape index (κ1) is 26.0. The molecule has 0 unspecified atom stereocenters. The third-order valence-electron chi connectivity index (χ3n) is 4.65. The number of ether oxygens (including phenoxy) is 3. The van der Waals surface area contributed by atoms with Gasteiger partial charge in [-0.25, -0.2) is 4.39 Å². The fourth-order valence-corrected chi connectivity index (χ4v) is 4.64. The summed E-state index contributed by atoms with van der Waals surface area (Å²) in [4.78, 5) is 26.9. The molecule has 1 aliphatic heterocycles. The third-order valence-corrected chi connectivity index (χ3v) is 6.31. The standard InChI is InChI=1S/C23H22ClFN2O5S2/c1-30-9-5-8-27-22(29)19(34-23(27)33)12-14-10-15(24)21(18(11-14)31-2)32-13-20(28)26-17-7-4-3-6-16(17)25/h3-4,6-7,10-12H,5,8-9,13H2,1-2H3,(H,26,28)/b19-12-. The predicted molar refractivity (Wildman–Crippen MR) is 135 cm³/mol. The molecule has 1 saturated heterocycles. The molecule has 7 nitrogen and oxygen atoms in total. The summed E-state index contributed by atoms with van der Waals surface area (Å²) in [5, 5.41) is 2.61. The number of nitrogens with zero attached hydrogens (tertiary/aromatic N) is 1. The van der Waals surface area contributed by atoms with Gasteiger partial charge < -0.3 is 19.5 Å². The molecule has 180 valence electrons. The van der Waals surface area contributed by atoms with E-state index in [0.29, 0.717) is 34.4 Å². The molecule has 0 aromatic heterocycles. The predicted octanol–water partition coefficient (Wildman–Crippen LogP) is 4.74. The average Bonchev–Trinajstić information content (AvgIpc) is 3.07. The molecule has 1 fully saturated rings.